The molecule has 0 N–H and O–H groups in total. The number of pyridine rings is 1. The van der Waals surface area contributed by atoms with E-state index in [1.54, 1.807) is 23.6 Å². The SMILES string of the molecule is Fc1cccnc1CN1CC2CC(C1)N2c1nc2ccccc2s1. The Kier molecular flexibility index (Phi) is 3.28. The second kappa shape index (κ2) is 5.50. The summed E-state index contributed by atoms with van der Waals surface area (Å²) in [7, 11) is 0. The Bertz CT molecular complexity index is 850. The maximum absolute atomic E-state index is 13.8. The molecule has 0 spiro atoms. The van der Waals surface area contributed by atoms with Crippen LogP contribution in [-0.2, 0) is 6.54 Å². The molecule has 3 fully saturated rings. The lowest BCUT2D eigenvalue weighted by Crippen LogP contribution is -2.68. The maximum Gasteiger partial charge on any atom is 0.187 e. The zero-order valence-electron chi connectivity index (χ0n) is 13.1. The van der Waals surface area contributed by atoms with Crippen molar-refractivity contribution in [2.45, 2.75) is 25.0 Å². The number of piperazine rings is 1. The standard InChI is InChI=1S/C18H17FN4S/c19-14-4-3-7-20-16(14)11-22-9-12-8-13(10-22)23(12)18-21-15-5-1-2-6-17(15)24-18/h1-7,12-13H,8-11H2. The summed E-state index contributed by atoms with van der Waals surface area (Å²) in [5.74, 6) is -0.209. The molecule has 6 rings (SSSR count). The van der Waals surface area contributed by atoms with Crippen molar-refractivity contribution >= 4 is 26.7 Å². The summed E-state index contributed by atoms with van der Waals surface area (Å²) in [6.07, 6.45) is 2.87. The predicted octanol–water partition coefficient (Wildman–Crippen LogP) is 3.29. The van der Waals surface area contributed by atoms with Crippen LogP contribution in [0.2, 0.25) is 0 Å². The molecule has 3 aliphatic heterocycles. The number of rotatable bonds is 3. The average Bonchev–Trinajstić information content (AvgIpc) is 3.00. The number of hydrogen-bond acceptors (Lipinski definition) is 5. The zero-order chi connectivity index (χ0) is 16.1. The van der Waals surface area contributed by atoms with Crippen molar-refractivity contribution in [1.82, 2.24) is 14.9 Å². The second-order valence-electron chi connectivity index (χ2n) is 6.54. The number of hydrogen-bond donors (Lipinski definition) is 0. The van der Waals surface area contributed by atoms with Crippen LogP contribution < -0.4 is 4.90 Å². The molecule has 2 bridgehead atoms. The lowest BCUT2D eigenvalue weighted by atomic mass is 9.88. The molecule has 2 aromatic heterocycles. The summed E-state index contributed by atoms with van der Waals surface area (Å²) in [6, 6.07) is 12.4. The molecule has 4 nitrogen and oxygen atoms in total. The molecule has 122 valence electrons. The van der Waals surface area contributed by atoms with E-state index < -0.39 is 0 Å². The van der Waals surface area contributed by atoms with E-state index in [1.165, 1.54) is 17.2 Å². The zero-order valence-corrected chi connectivity index (χ0v) is 13.9. The second-order valence-corrected chi connectivity index (χ2v) is 7.55. The number of para-hydroxylation sites is 1. The molecule has 2 unspecified atom stereocenters. The van der Waals surface area contributed by atoms with Gasteiger partial charge >= 0.3 is 0 Å². The van der Waals surface area contributed by atoms with Crippen LogP contribution in [-0.4, -0.2) is 40.0 Å². The van der Waals surface area contributed by atoms with Crippen molar-refractivity contribution in [1.29, 1.82) is 0 Å². The minimum atomic E-state index is -0.209. The van der Waals surface area contributed by atoms with Crippen LogP contribution in [0, 0.1) is 5.82 Å². The van der Waals surface area contributed by atoms with Crippen molar-refractivity contribution in [3.05, 3.63) is 54.1 Å². The van der Waals surface area contributed by atoms with Gasteiger partial charge in [0.25, 0.3) is 0 Å². The van der Waals surface area contributed by atoms with Crippen molar-refractivity contribution in [3.63, 3.8) is 0 Å². The summed E-state index contributed by atoms with van der Waals surface area (Å²) in [4.78, 5) is 13.7. The minimum Gasteiger partial charge on any atom is -0.339 e. The Balaban J connectivity index is 1.33. The first kappa shape index (κ1) is 14.3. The normalized spacial score (nSPS) is 23.5. The van der Waals surface area contributed by atoms with Gasteiger partial charge in [0, 0.05) is 37.9 Å². The Morgan fingerprint density at radius 2 is 1.96 bits per heavy atom. The maximum atomic E-state index is 13.8. The monoisotopic (exact) mass is 340 g/mol. The molecule has 3 aromatic rings. The number of anilines is 1. The predicted molar refractivity (Wildman–Crippen MR) is 93.8 cm³/mol. The van der Waals surface area contributed by atoms with Gasteiger partial charge < -0.3 is 4.90 Å². The molecule has 0 radical (unpaired) electrons. The third-order valence-corrected chi connectivity index (χ3v) is 6.03. The number of aromatic nitrogens is 2. The largest absolute Gasteiger partial charge is 0.339 e. The third-order valence-electron chi connectivity index (χ3n) is 4.98. The Hall–Kier alpha value is -2.05. The van der Waals surface area contributed by atoms with E-state index in [4.69, 9.17) is 4.98 Å². The highest BCUT2D eigenvalue weighted by molar-refractivity contribution is 7.22. The number of nitrogens with zero attached hydrogens (tertiary/aromatic N) is 4. The Labute approximate surface area is 143 Å². The van der Waals surface area contributed by atoms with Crippen LogP contribution in [0.3, 0.4) is 0 Å². The van der Waals surface area contributed by atoms with Gasteiger partial charge in [0.1, 0.15) is 5.82 Å². The van der Waals surface area contributed by atoms with E-state index in [1.807, 2.05) is 6.07 Å². The highest BCUT2D eigenvalue weighted by atomic mass is 32.1. The van der Waals surface area contributed by atoms with Crippen molar-refractivity contribution in [2.24, 2.45) is 0 Å². The summed E-state index contributed by atoms with van der Waals surface area (Å²) in [6.45, 7) is 2.48. The number of piperidine rings is 1. The molecule has 5 heterocycles. The summed E-state index contributed by atoms with van der Waals surface area (Å²) < 4.78 is 15.0. The van der Waals surface area contributed by atoms with Crippen molar-refractivity contribution in [3.8, 4) is 0 Å². The summed E-state index contributed by atoms with van der Waals surface area (Å²) in [5.41, 5.74) is 1.63. The van der Waals surface area contributed by atoms with Gasteiger partial charge in [0.15, 0.2) is 5.13 Å². The molecule has 24 heavy (non-hydrogen) atoms. The molecule has 6 heteroatoms. The van der Waals surface area contributed by atoms with E-state index >= 15 is 0 Å². The van der Waals surface area contributed by atoms with Crippen LogP contribution >= 0.6 is 11.3 Å². The van der Waals surface area contributed by atoms with Crippen LogP contribution in [0.1, 0.15) is 12.1 Å². The number of benzene rings is 1. The Morgan fingerprint density at radius 1 is 1.12 bits per heavy atom. The number of thiazole rings is 1. The van der Waals surface area contributed by atoms with Gasteiger partial charge in [-0.05, 0) is 30.7 Å². The molecule has 3 aliphatic rings. The molecule has 1 aromatic carbocycles. The van der Waals surface area contributed by atoms with E-state index in [2.05, 4.69) is 33.0 Å². The van der Waals surface area contributed by atoms with E-state index in [0.717, 1.165) is 23.7 Å². The van der Waals surface area contributed by atoms with E-state index in [0.29, 0.717) is 24.3 Å². The highest BCUT2D eigenvalue weighted by Crippen LogP contribution is 2.40. The van der Waals surface area contributed by atoms with Crippen molar-refractivity contribution < 1.29 is 4.39 Å². The van der Waals surface area contributed by atoms with E-state index in [9.17, 15) is 4.39 Å². The van der Waals surface area contributed by atoms with Crippen LogP contribution in [0.15, 0.2) is 42.6 Å². The molecule has 0 amide bonds. The van der Waals surface area contributed by atoms with Gasteiger partial charge in [-0.15, -0.1) is 0 Å². The van der Waals surface area contributed by atoms with Crippen LogP contribution in [0.25, 0.3) is 10.2 Å². The first-order valence-corrected chi connectivity index (χ1v) is 9.05. The van der Waals surface area contributed by atoms with Gasteiger partial charge in [-0.1, -0.05) is 23.5 Å². The first-order valence-electron chi connectivity index (χ1n) is 8.23. The van der Waals surface area contributed by atoms with Gasteiger partial charge in [-0.2, -0.15) is 0 Å². The topological polar surface area (TPSA) is 32.3 Å². The quantitative estimate of drug-likeness (QED) is 0.732. The lowest BCUT2D eigenvalue weighted by Gasteiger charge is -2.56. The Morgan fingerprint density at radius 3 is 2.75 bits per heavy atom. The summed E-state index contributed by atoms with van der Waals surface area (Å²) >= 11 is 1.77. The van der Waals surface area contributed by atoms with Crippen molar-refractivity contribution in [2.75, 3.05) is 18.0 Å². The molecular weight excluding hydrogens is 323 g/mol. The van der Waals surface area contributed by atoms with Gasteiger partial charge in [-0.25, -0.2) is 9.37 Å². The van der Waals surface area contributed by atoms with E-state index in [-0.39, 0.29) is 5.82 Å². The fourth-order valence-electron chi connectivity index (χ4n) is 3.86. The average molecular weight is 340 g/mol. The minimum absolute atomic E-state index is 0.209. The van der Waals surface area contributed by atoms with Crippen LogP contribution in [0.4, 0.5) is 9.52 Å². The number of fused-ring (bicyclic) bond motifs is 3. The fourth-order valence-corrected chi connectivity index (χ4v) is 4.96. The smallest absolute Gasteiger partial charge is 0.187 e. The summed E-state index contributed by atoms with van der Waals surface area (Å²) in [5, 5.41) is 1.13. The molecule has 2 atom stereocenters. The van der Waals surface area contributed by atoms with Gasteiger partial charge in [0.2, 0.25) is 0 Å². The number of halogens is 1. The lowest BCUT2D eigenvalue weighted by molar-refractivity contribution is 0.106. The first-order chi connectivity index (χ1) is 11.8. The fraction of sp³-hybridized carbons (Fsp3) is 0.333. The molecular formula is C18H17FN4S. The third kappa shape index (κ3) is 2.29. The van der Waals surface area contributed by atoms with Gasteiger partial charge in [-0.3, -0.25) is 9.88 Å². The molecule has 0 saturated carbocycles. The van der Waals surface area contributed by atoms with Gasteiger partial charge in [0.05, 0.1) is 15.9 Å². The van der Waals surface area contributed by atoms with Crippen LogP contribution in [0.5, 0.6) is 0 Å². The molecule has 0 aliphatic carbocycles. The molecule has 3 saturated heterocycles. The highest BCUT2D eigenvalue weighted by Gasteiger charge is 2.45.